The molecule has 0 aromatic carbocycles. The van der Waals surface area contributed by atoms with Crippen molar-refractivity contribution < 1.29 is 14.7 Å². The minimum Gasteiger partial charge on any atom is -0.481 e. The molecule has 2 N–H and O–H groups in total. The smallest absolute Gasteiger partial charge is 0.313 e. The Bertz CT molecular complexity index is 263. The van der Waals surface area contributed by atoms with Gasteiger partial charge in [0.1, 0.15) is 0 Å². The number of rotatable bonds is 7. The maximum absolute atomic E-state index is 11.7. The number of thioether (sulfide) groups is 1. The van der Waals surface area contributed by atoms with E-state index in [0.29, 0.717) is 24.6 Å². The SMILES string of the molecule is O=C(O)CSCCNC(=O)CC1CCCCCC1. The second kappa shape index (κ2) is 9.25. The largest absolute Gasteiger partial charge is 0.481 e. The van der Waals surface area contributed by atoms with E-state index in [-0.39, 0.29) is 11.7 Å². The molecule has 1 rings (SSSR count). The summed E-state index contributed by atoms with van der Waals surface area (Å²) in [7, 11) is 0. The summed E-state index contributed by atoms with van der Waals surface area (Å²) >= 11 is 1.34. The fourth-order valence-electron chi connectivity index (χ4n) is 2.32. The molecule has 0 bridgehead atoms. The Hall–Kier alpha value is -0.710. The molecule has 1 fully saturated rings. The van der Waals surface area contributed by atoms with Gasteiger partial charge in [-0.05, 0) is 18.8 Å². The molecule has 5 heteroatoms. The average Bonchev–Trinajstić information content (AvgIpc) is 2.56. The monoisotopic (exact) mass is 273 g/mol. The molecule has 0 aliphatic heterocycles. The first-order valence-electron chi connectivity index (χ1n) is 6.74. The summed E-state index contributed by atoms with van der Waals surface area (Å²) in [6.07, 6.45) is 8.14. The van der Waals surface area contributed by atoms with E-state index in [1.54, 1.807) is 0 Å². The zero-order chi connectivity index (χ0) is 13.2. The van der Waals surface area contributed by atoms with Crippen LogP contribution in [0.4, 0.5) is 0 Å². The lowest BCUT2D eigenvalue weighted by Gasteiger charge is -2.13. The summed E-state index contributed by atoms with van der Waals surface area (Å²) in [4.78, 5) is 22.0. The average molecular weight is 273 g/mol. The van der Waals surface area contributed by atoms with Gasteiger partial charge in [-0.3, -0.25) is 9.59 Å². The number of carbonyl (C=O) groups is 2. The standard InChI is InChI=1S/C13H23NO3S/c15-12(14-7-8-18-10-13(16)17)9-11-5-3-1-2-4-6-11/h11H,1-10H2,(H,14,15)(H,16,17). The van der Waals surface area contributed by atoms with Crippen LogP contribution in [0.25, 0.3) is 0 Å². The van der Waals surface area contributed by atoms with Gasteiger partial charge < -0.3 is 10.4 Å². The summed E-state index contributed by atoms with van der Waals surface area (Å²) in [6.45, 7) is 0.573. The zero-order valence-corrected chi connectivity index (χ0v) is 11.6. The molecule has 0 radical (unpaired) electrons. The first-order chi connectivity index (χ1) is 8.68. The van der Waals surface area contributed by atoms with Gasteiger partial charge in [0.05, 0.1) is 5.75 Å². The Morgan fingerprint density at radius 3 is 2.44 bits per heavy atom. The van der Waals surface area contributed by atoms with Crippen LogP contribution in [-0.2, 0) is 9.59 Å². The quantitative estimate of drug-likeness (QED) is 0.551. The van der Waals surface area contributed by atoms with Crippen molar-refractivity contribution in [2.75, 3.05) is 18.1 Å². The normalized spacial score (nSPS) is 17.1. The molecule has 0 heterocycles. The van der Waals surface area contributed by atoms with Crippen molar-refractivity contribution in [1.29, 1.82) is 0 Å². The van der Waals surface area contributed by atoms with Gasteiger partial charge in [0.2, 0.25) is 5.91 Å². The van der Waals surface area contributed by atoms with Crippen molar-refractivity contribution in [3.8, 4) is 0 Å². The van der Waals surface area contributed by atoms with Crippen molar-refractivity contribution in [2.24, 2.45) is 5.92 Å². The summed E-state index contributed by atoms with van der Waals surface area (Å²) < 4.78 is 0. The van der Waals surface area contributed by atoms with Gasteiger partial charge in [0.25, 0.3) is 0 Å². The Morgan fingerprint density at radius 1 is 1.17 bits per heavy atom. The number of aliphatic carboxylic acids is 1. The van der Waals surface area contributed by atoms with Crippen LogP contribution in [0.2, 0.25) is 0 Å². The van der Waals surface area contributed by atoms with E-state index in [1.807, 2.05) is 0 Å². The molecule has 0 spiro atoms. The number of carbonyl (C=O) groups excluding carboxylic acids is 1. The second-order valence-electron chi connectivity index (χ2n) is 4.86. The zero-order valence-electron chi connectivity index (χ0n) is 10.8. The highest BCUT2D eigenvalue weighted by atomic mass is 32.2. The number of carboxylic acids is 1. The van der Waals surface area contributed by atoms with E-state index in [9.17, 15) is 9.59 Å². The highest BCUT2D eigenvalue weighted by molar-refractivity contribution is 7.99. The predicted molar refractivity (Wildman–Crippen MR) is 73.8 cm³/mol. The van der Waals surface area contributed by atoms with Crippen LogP contribution >= 0.6 is 11.8 Å². The molecule has 0 saturated heterocycles. The molecule has 0 aromatic rings. The van der Waals surface area contributed by atoms with E-state index >= 15 is 0 Å². The van der Waals surface area contributed by atoms with E-state index in [1.165, 1.54) is 50.3 Å². The lowest BCUT2D eigenvalue weighted by molar-refractivity contribution is -0.133. The Labute approximate surface area is 113 Å². The van der Waals surface area contributed by atoms with Gasteiger partial charge in [-0.15, -0.1) is 11.8 Å². The van der Waals surface area contributed by atoms with Crippen LogP contribution in [0.5, 0.6) is 0 Å². The molecule has 1 amide bonds. The topological polar surface area (TPSA) is 66.4 Å². The van der Waals surface area contributed by atoms with Gasteiger partial charge in [-0.25, -0.2) is 0 Å². The van der Waals surface area contributed by atoms with Gasteiger partial charge >= 0.3 is 5.97 Å². The molecule has 1 aliphatic carbocycles. The molecular formula is C13H23NO3S. The van der Waals surface area contributed by atoms with Crippen LogP contribution < -0.4 is 5.32 Å². The molecule has 1 aliphatic rings. The van der Waals surface area contributed by atoms with Crippen molar-refractivity contribution in [3.63, 3.8) is 0 Å². The number of hydrogen-bond acceptors (Lipinski definition) is 3. The van der Waals surface area contributed by atoms with Gasteiger partial charge in [0, 0.05) is 18.7 Å². The molecule has 104 valence electrons. The van der Waals surface area contributed by atoms with Crippen LogP contribution in [0.15, 0.2) is 0 Å². The highest BCUT2D eigenvalue weighted by Gasteiger charge is 2.15. The summed E-state index contributed by atoms with van der Waals surface area (Å²) in [5.41, 5.74) is 0. The van der Waals surface area contributed by atoms with Gasteiger partial charge in [-0.1, -0.05) is 25.7 Å². The van der Waals surface area contributed by atoms with Crippen molar-refractivity contribution in [3.05, 3.63) is 0 Å². The molecule has 4 nitrogen and oxygen atoms in total. The van der Waals surface area contributed by atoms with Crippen LogP contribution in [0, 0.1) is 5.92 Å². The minimum atomic E-state index is -0.801. The Balaban J connectivity index is 2.03. The molecule has 0 unspecified atom stereocenters. The first kappa shape index (κ1) is 15.3. The fourth-order valence-corrected chi connectivity index (χ4v) is 2.89. The molecule has 0 atom stereocenters. The maximum atomic E-state index is 11.7. The predicted octanol–water partition coefficient (Wildman–Crippen LogP) is 2.28. The van der Waals surface area contributed by atoms with Crippen LogP contribution in [0.3, 0.4) is 0 Å². The third kappa shape index (κ3) is 7.58. The Morgan fingerprint density at radius 2 is 1.83 bits per heavy atom. The van der Waals surface area contributed by atoms with Crippen molar-refractivity contribution >= 4 is 23.6 Å². The lowest BCUT2D eigenvalue weighted by Crippen LogP contribution is -2.27. The molecule has 0 aromatic heterocycles. The highest BCUT2D eigenvalue weighted by Crippen LogP contribution is 2.25. The Kier molecular flexibility index (Phi) is 7.89. The first-order valence-corrected chi connectivity index (χ1v) is 7.90. The van der Waals surface area contributed by atoms with Gasteiger partial charge in [-0.2, -0.15) is 0 Å². The third-order valence-corrected chi connectivity index (χ3v) is 4.19. The second-order valence-corrected chi connectivity index (χ2v) is 5.96. The molecule has 18 heavy (non-hydrogen) atoms. The summed E-state index contributed by atoms with van der Waals surface area (Å²) in [5.74, 6) is 0.656. The third-order valence-electron chi connectivity index (χ3n) is 3.24. The van der Waals surface area contributed by atoms with Gasteiger partial charge in [0.15, 0.2) is 0 Å². The summed E-state index contributed by atoms with van der Waals surface area (Å²) in [5, 5.41) is 11.3. The van der Waals surface area contributed by atoms with E-state index in [0.717, 1.165) is 0 Å². The summed E-state index contributed by atoms with van der Waals surface area (Å²) in [6, 6.07) is 0. The number of amides is 1. The van der Waals surface area contributed by atoms with Crippen LogP contribution in [0.1, 0.15) is 44.9 Å². The minimum absolute atomic E-state index is 0.110. The van der Waals surface area contributed by atoms with E-state index in [2.05, 4.69) is 5.32 Å². The van der Waals surface area contributed by atoms with Crippen LogP contribution in [-0.4, -0.2) is 35.0 Å². The van der Waals surface area contributed by atoms with Crippen molar-refractivity contribution in [2.45, 2.75) is 44.9 Å². The number of hydrogen-bond donors (Lipinski definition) is 2. The fraction of sp³-hybridized carbons (Fsp3) is 0.846. The maximum Gasteiger partial charge on any atom is 0.313 e. The number of carboxylic acid groups (broad SMARTS) is 1. The van der Waals surface area contributed by atoms with E-state index in [4.69, 9.17) is 5.11 Å². The molecular weight excluding hydrogens is 250 g/mol. The number of nitrogens with one attached hydrogen (secondary N) is 1. The molecule has 1 saturated carbocycles. The van der Waals surface area contributed by atoms with E-state index < -0.39 is 5.97 Å². The van der Waals surface area contributed by atoms with Crippen molar-refractivity contribution in [1.82, 2.24) is 5.32 Å². The lowest BCUT2D eigenvalue weighted by atomic mass is 9.96.